The van der Waals surface area contributed by atoms with Crippen molar-refractivity contribution in [2.45, 2.75) is 37.8 Å². The fourth-order valence-corrected chi connectivity index (χ4v) is 5.60. The number of carbonyl (C=O) groups is 2. The average Bonchev–Trinajstić information content (AvgIpc) is 3.80. The van der Waals surface area contributed by atoms with Crippen LogP contribution in [0.5, 0.6) is 0 Å². The predicted octanol–water partition coefficient (Wildman–Crippen LogP) is 2.82. The number of hydrogen-bond acceptors (Lipinski definition) is 5. The minimum absolute atomic E-state index is 0.0648. The van der Waals surface area contributed by atoms with Crippen LogP contribution in [0.2, 0.25) is 0 Å². The summed E-state index contributed by atoms with van der Waals surface area (Å²) in [6.07, 6.45) is 5.23. The first-order chi connectivity index (χ1) is 18.0. The maximum Gasteiger partial charge on any atom is 0.256 e. The number of aliphatic hydroxyl groups excluding tert-OH is 1. The largest absolute Gasteiger partial charge is 0.394 e. The van der Waals surface area contributed by atoms with E-state index in [1.165, 1.54) is 6.07 Å². The van der Waals surface area contributed by atoms with Crippen LogP contribution in [0.4, 0.5) is 4.39 Å². The summed E-state index contributed by atoms with van der Waals surface area (Å²) in [6.45, 7) is 2.22. The van der Waals surface area contributed by atoms with Crippen LogP contribution in [0.15, 0.2) is 47.6 Å². The second kappa shape index (κ2) is 8.21. The number of rotatable bonds is 7. The normalized spacial score (nSPS) is 20.6. The minimum Gasteiger partial charge on any atom is -0.394 e. The van der Waals surface area contributed by atoms with Gasteiger partial charge in [0.05, 0.1) is 24.9 Å². The summed E-state index contributed by atoms with van der Waals surface area (Å²) in [5.74, 6) is 1.14. The van der Waals surface area contributed by atoms with Gasteiger partial charge in [-0.15, -0.1) is 0 Å². The second-order valence-electron chi connectivity index (χ2n) is 10.8. The number of aromatic nitrogens is 2. The highest BCUT2D eigenvalue weighted by molar-refractivity contribution is 6.16. The Morgan fingerprint density at radius 2 is 1.84 bits per heavy atom. The lowest BCUT2D eigenvalue weighted by Crippen LogP contribution is -2.55. The van der Waals surface area contributed by atoms with Crippen LogP contribution in [0, 0.1) is 17.7 Å². The van der Waals surface area contributed by atoms with Gasteiger partial charge in [-0.3, -0.25) is 24.2 Å². The highest BCUT2D eigenvalue weighted by Crippen LogP contribution is 2.46. The molecule has 3 aromatic rings. The Hall–Kier alpha value is -3.59. The monoisotopic (exact) mass is 501 g/mol. The molecule has 9 heteroatoms. The van der Waals surface area contributed by atoms with Crippen LogP contribution in [-0.4, -0.2) is 74.1 Å². The van der Waals surface area contributed by atoms with Crippen molar-refractivity contribution < 1.29 is 19.1 Å². The maximum atomic E-state index is 15.1. The molecule has 7 rings (SSSR count). The molecule has 1 aromatic heterocycles. The molecule has 1 saturated heterocycles. The average molecular weight is 502 g/mol. The third-order valence-corrected chi connectivity index (χ3v) is 8.08. The number of aliphatic hydroxyl groups is 1. The second-order valence-corrected chi connectivity index (χ2v) is 10.8. The van der Waals surface area contributed by atoms with Crippen LogP contribution in [-0.2, 0) is 16.1 Å². The van der Waals surface area contributed by atoms with Crippen LogP contribution >= 0.6 is 0 Å². The number of hydrogen-bond donors (Lipinski definition) is 1. The Morgan fingerprint density at radius 3 is 2.51 bits per heavy atom. The van der Waals surface area contributed by atoms with E-state index in [2.05, 4.69) is 5.10 Å². The fraction of sp³-hybridized carbons (Fsp3) is 0.429. The van der Waals surface area contributed by atoms with Crippen molar-refractivity contribution in [1.82, 2.24) is 19.6 Å². The van der Waals surface area contributed by atoms with Crippen LogP contribution in [0.25, 0.3) is 22.0 Å². The third-order valence-electron chi connectivity index (χ3n) is 8.08. The minimum atomic E-state index is -0.604. The van der Waals surface area contributed by atoms with Gasteiger partial charge in [-0.05, 0) is 37.3 Å². The van der Waals surface area contributed by atoms with E-state index >= 15 is 4.39 Å². The van der Waals surface area contributed by atoms with E-state index in [0.29, 0.717) is 43.1 Å². The van der Waals surface area contributed by atoms with Gasteiger partial charge in [-0.1, -0.05) is 24.3 Å². The Labute approximate surface area is 213 Å². The predicted molar refractivity (Wildman–Crippen MR) is 135 cm³/mol. The molecule has 2 aliphatic carbocycles. The number of likely N-dealkylation sites (tertiary alicyclic amines) is 1. The number of benzene rings is 2. The summed E-state index contributed by atoms with van der Waals surface area (Å²) in [4.78, 5) is 34.1. The number of carbonyl (C=O) groups excluding carboxylic acids is 2. The molecular formula is C28H28FN5O3. The molecule has 0 bridgehead atoms. The lowest BCUT2D eigenvalue weighted by atomic mass is 9.97. The Morgan fingerprint density at radius 1 is 1.11 bits per heavy atom. The zero-order valence-electron chi connectivity index (χ0n) is 20.4. The summed E-state index contributed by atoms with van der Waals surface area (Å²) < 4.78 is 16.6. The molecule has 190 valence electrons. The molecule has 1 N–H and O–H groups in total. The number of fused-ring (bicyclic) bond motifs is 1. The van der Waals surface area contributed by atoms with Crippen molar-refractivity contribution in [1.29, 1.82) is 0 Å². The SMILES string of the molecule is O=C(C1CC1)N1CC(CN2C(=O)C3(CC3)N=C2c2ccc(-c3cc4cnn(CCO)c4cc3F)cc2)C1. The Bertz CT molecular complexity index is 1450. The van der Waals surface area contributed by atoms with E-state index in [-0.39, 0.29) is 36.1 Å². The Balaban J connectivity index is 1.12. The number of aliphatic imine (C=N–C) groups is 1. The molecule has 2 saturated carbocycles. The standard InChI is InChI=1S/C28H28FN5O3/c29-23-12-24-21(13-30-34(24)9-10-35)11-22(23)18-1-3-19(4-2-18)25-31-28(7-8-28)27(37)33(25)16-17-14-32(15-17)26(36)20-5-6-20/h1-4,11-13,17,20,35H,5-10,14-16H2. The van der Waals surface area contributed by atoms with E-state index in [1.54, 1.807) is 16.9 Å². The lowest BCUT2D eigenvalue weighted by Gasteiger charge is -2.41. The summed E-state index contributed by atoms with van der Waals surface area (Å²) in [6, 6.07) is 10.8. The van der Waals surface area contributed by atoms with Gasteiger partial charge in [0.1, 0.15) is 17.2 Å². The van der Waals surface area contributed by atoms with Gasteiger partial charge in [0.15, 0.2) is 0 Å². The van der Waals surface area contributed by atoms with Gasteiger partial charge in [-0.2, -0.15) is 5.10 Å². The molecule has 2 aromatic carbocycles. The quantitative estimate of drug-likeness (QED) is 0.539. The van der Waals surface area contributed by atoms with Crippen LogP contribution in [0.3, 0.4) is 0 Å². The number of amidine groups is 1. The first-order valence-electron chi connectivity index (χ1n) is 13.0. The molecule has 37 heavy (non-hydrogen) atoms. The topological polar surface area (TPSA) is 91.0 Å². The molecule has 3 fully saturated rings. The number of nitrogens with zero attached hydrogens (tertiary/aromatic N) is 5. The first kappa shape index (κ1) is 22.6. The van der Waals surface area contributed by atoms with Crippen molar-refractivity contribution in [2.75, 3.05) is 26.2 Å². The molecule has 0 unspecified atom stereocenters. The molecule has 8 nitrogen and oxygen atoms in total. The van der Waals surface area contributed by atoms with Crippen molar-refractivity contribution in [3.8, 4) is 11.1 Å². The lowest BCUT2D eigenvalue weighted by molar-refractivity contribution is -0.139. The Kier molecular flexibility index (Phi) is 5.01. The van der Waals surface area contributed by atoms with Gasteiger partial charge in [0.25, 0.3) is 5.91 Å². The van der Waals surface area contributed by atoms with Crippen molar-refractivity contribution >= 4 is 28.6 Å². The van der Waals surface area contributed by atoms with Gasteiger partial charge < -0.3 is 10.0 Å². The smallest absolute Gasteiger partial charge is 0.256 e. The zero-order valence-corrected chi connectivity index (χ0v) is 20.4. The van der Waals surface area contributed by atoms with Gasteiger partial charge in [-0.25, -0.2) is 4.39 Å². The molecule has 3 heterocycles. The highest BCUT2D eigenvalue weighted by atomic mass is 19.1. The number of halogens is 1. The highest BCUT2D eigenvalue weighted by Gasteiger charge is 2.57. The third kappa shape index (κ3) is 3.75. The summed E-state index contributed by atoms with van der Waals surface area (Å²) in [7, 11) is 0. The van der Waals surface area contributed by atoms with Crippen molar-refractivity contribution in [3.63, 3.8) is 0 Å². The summed E-state index contributed by atoms with van der Waals surface area (Å²) >= 11 is 0. The molecule has 0 radical (unpaired) electrons. The van der Waals surface area contributed by atoms with Gasteiger partial charge in [0, 0.05) is 54.0 Å². The zero-order chi connectivity index (χ0) is 25.3. The van der Waals surface area contributed by atoms with Gasteiger partial charge >= 0.3 is 0 Å². The number of amides is 2. The molecule has 4 aliphatic rings. The van der Waals surface area contributed by atoms with Crippen LogP contribution < -0.4 is 0 Å². The van der Waals surface area contributed by atoms with E-state index in [1.807, 2.05) is 34.1 Å². The molecule has 0 atom stereocenters. The van der Waals surface area contributed by atoms with Crippen molar-refractivity contribution in [2.24, 2.45) is 16.8 Å². The van der Waals surface area contributed by atoms with E-state index in [9.17, 15) is 14.7 Å². The summed E-state index contributed by atoms with van der Waals surface area (Å²) in [5, 5.41) is 14.2. The van der Waals surface area contributed by atoms with E-state index in [0.717, 1.165) is 42.2 Å². The fourth-order valence-electron chi connectivity index (χ4n) is 5.60. The van der Waals surface area contributed by atoms with E-state index in [4.69, 9.17) is 4.99 Å². The van der Waals surface area contributed by atoms with Gasteiger partial charge in [0.2, 0.25) is 5.91 Å². The summed E-state index contributed by atoms with van der Waals surface area (Å²) in [5.41, 5.74) is 2.07. The molecule has 2 aliphatic heterocycles. The van der Waals surface area contributed by atoms with Crippen molar-refractivity contribution in [3.05, 3.63) is 54.0 Å². The maximum absolute atomic E-state index is 15.1. The van der Waals surface area contributed by atoms with Crippen LogP contribution in [0.1, 0.15) is 31.2 Å². The molecule has 2 amide bonds. The molecule has 1 spiro atoms. The first-order valence-corrected chi connectivity index (χ1v) is 13.0. The van der Waals surface area contributed by atoms with E-state index < -0.39 is 5.54 Å². The molecular weight excluding hydrogens is 473 g/mol.